The summed E-state index contributed by atoms with van der Waals surface area (Å²) in [5, 5.41) is 13.8. The quantitative estimate of drug-likeness (QED) is 0.169. The van der Waals surface area contributed by atoms with Crippen LogP contribution in [0, 0.1) is 5.82 Å². The number of benzene rings is 2. The highest BCUT2D eigenvalue weighted by molar-refractivity contribution is 6.01. The van der Waals surface area contributed by atoms with Gasteiger partial charge in [-0.2, -0.15) is 13.2 Å². The molecule has 0 saturated carbocycles. The molecule has 2 unspecified atom stereocenters. The van der Waals surface area contributed by atoms with Crippen LogP contribution in [0.2, 0.25) is 0 Å². The molecule has 3 aliphatic rings. The second-order valence-corrected chi connectivity index (χ2v) is 14.3. The van der Waals surface area contributed by atoms with Gasteiger partial charge in [-0.1, -0.05) is 18.2 Å². The van der Waals surface area contributed by atoms with Crippen LogP contribution in [0.1, 0.15) is 25.0 Å². The number of aliphatic carboxylic acids is 1. The lowest BCUT2D eigenvalue weighted by atomic mass is 9.97. The van der Waals surface area contributed by atoms with E-state index in [1.165, 1.54) is 17.7 Å². The molecule has 0 aliphatic carbocycles. The lowest BCUT2D eigenvalue weighted by Crippen LogP contribution is -2.61. The second-order valence-electron chi connectivity index (χ2n) is 14.3. The lowest BCUT2D eigenvalue weighted by Gasteiger charge is -2.46. The van der Waals surface area contributed by atoms with Crippen molar-refractivity contribution >= 4 is 39.9 Å². The fourth-order valence-electron chi connectivity index (χ4n) is 7.52. The van der Waals surface area contributed by atoms with Gasteiger partial charge in [0.2, 0.25) is 11.8 Å². The van der Waals surface area contributed by atoms with Crippen molar-refractivity contribution in [1.29, 1.82) is 0 Å². The molecule has 19 heteroatoms. The summed E-state index contributed by atoms with van der Waals surface area (Å²) in [6.07, 6.45) is -0.811. The Morgan fingerprint density at radius 1 is 1.02 bits per heavy atom. The van der Waals surface area contributed by atoms with Crippen molar-refractivity contribution in [2.75, 3.05) is 56.6 Å². The van der Waals surface area contributed by atoms with E-state index in [2.05, 4.69) is 15.6 Å². The predicted molar refractivity (Wildman–Crippen MR) is 201 cm³/mol. The number of amides is 2. The number of alkyl halides is 5. The first-order chi connectivity index (χ1) is 27.4. The number of aryl methyl sites for hydroxylation is 1. The average Bonchev–Trinajstić information content (AvgIpc) is 3.17. The lowest BCUT2D eigenvalue weighted by molar-refractivity contribution is -0.192. The Morgan fingerprint density at radius 2 is 1.71 bits per heavy atom. The molecule has 2 aromatic carbocycles. The van der Waals surface area contributed by atoms with Crippen molar-refractivity contribution in [3.8, 4) is 16.9 Å². The first-order valence-electron chi connectivity index (χ1n) is 18.4. The first-order valence-corrected chi connectivity index (χ1v) is 18.4. The number of hydrogen-bond acceptors (Lipinski definition) is 10. The Bertz CT molecular complexity index is 2240. The summed E-state index contributed by atoms with van der Waals surface area (Å²) in [5.41, 5.74) is 2.83. The minimum atomic E-state index is -5.08. The van der Waals surface area contributed by atoms with Gasteiger partial charge in [0.25, 0.3) is 11.5 Å². The highest BCUT2D eigenvalue weighted by Gasteiger charge is 2.48. The second kappa shape index (κ2) is 17.0. The first kappa shape index (κ1) is 41.9. The van der Waals surface area contributed by atoms with Crippen molar-refractivity contribution in [3.63, 3.8) is 0 Å². The topological polar surface area (TPSA) is 149 Å². The van der Waals surface area contributed by atoms with Crippen molar-refractivity contribution in [2.45, 2.75) is 50.0 Å². The number of anilines is 2. The van der Waals surface area contributed by atoms with Gasteiger partial charge in [-0.15, -0.1) is 0 Å². The van der Waals surface area contributed by atoms with E-state index in [-0.39, 0.29) is 30.9 Å². The Kier molecular flexibility index (Phi) is 12.3. The number of piperidine rings is 2. The molecule has 58 heavy (non-hydrogen) atoms. The Labute approximate surface area is 328 Å². The number of aromatic nitrogens is 2. The van der Waals surface area contributed by atoms with Gasteiger partial charge in [-0.3, -0.25) is 34.5 Å². The van der Waals surface area contributed by atoms with Crippen LogP contribution < -0.4 is 25.8 Å². The molecule has 2 atom stereocenters. The molecule has 3 saturated heterocycles. The van der Waals surface area contributed by atoms with Gasteiger partial charge in [0.05, 0.1) is 31.1 Å². The number of hydrogen-bond donors (Lipinski definition) is 3. The highest BCUT2D eigenvalue weighted by Crippen LogP contribution is 2.35. The van der Waals surface area contributed by atoms with E-state index in [1.807, 2.05) is 34.1 Å². The van der Waals surface area contributed by atoms with Crippen LogP contribution in [0.3, 0.4) is 0 Å². The van der Waals surface area contributed by atoms with Crippen LogP contribution in [0.15, 0.2) is 65.7 Å². The SMILES string of the molecule is COc1cc(-c2cn(C)c(=O)c3ccccc23)cnc1CN1CCC(N2CCN(c3ccc(NC4CCC(=O)NC4=O)cc3F)CC2)C(F)(F)C1.O=C(O)C(F)(F)F. The molecule has 2 aromatic heterocycles. The Morgan fingerprint density at radius 3 is 2.33 bits per heavy atom. The zero-order valence-corrected chi connectivity index (χ0v) is 31.5. The molecule has 4 aromatic rings. The number of rotatable bonds is 8. The van der Waals surface area contributed by atoms with Crippen molar-refractivity contribution in [2.24, 2.45) is 7.05 Å². The largest absolute Gasteiger partial charge is 0.495 e. The molecular formula is C39H41F6N7O6. The summed E-state index contributed by atoms with van der Waals surface area (Å²) in [6.45, 7) is 1.75. The average molecular weight is 818 g/mol. The molecule has 3 aliphatic heterocycles. The van der Waals surface area contributed by atoms with Crippen LogP contribution >= 0.6 is 0 Å². The standard InChI is InChI=1S/C37H40F3N7O4.C2HF3O2/c1-44-20-27(25-5-3-4-6-26(25)36(44)50)23-17-32(51-2)30(41-19-23)21-45-12-11-33(37(39,40)22-45)47-15-13-46(14-16-47)31-9-7-24(18-28(31)38)42-29-8-10-34(48)43-35(29)49;3-2(4,5)1(6)7/h3-7,9,17-20,29,33,42H,8,10-16,21-22H2,1-2H3,(H,43,48,49);(H,6,7). The van der Waals surface area contributed by atoms with Crippen molar-refractivity contribution in [3.05, 3.63) is 82.8 Å². The van der Waals surface area contributed by atoms with Crippen LogP contribution in [0.4, 0.5) is 37.7 Å². The summed E-state index contributed by atoms with van der Waals surface area (Å²) < 4.78 is 85.7. The molecule has 0 bridgehead atoms. The minimum Gasteiger partial charge on any atom is -0.495 e. The minimum absolute atomic E-state index is 0.0983. The third-order valence-electron chi connectivity index (χ3n) is 10.4. The molecule has 7 rings (SSSR count). The highest BCUT2D eigenvalue weighted by atomic mass is 19.4. The monoisotopic (exact) mass is 817 g/mol. The number of halogens is 6. The third-order valence-corrected chi connectivity index (χ3v) is 10.4. The molecule has 3 fully saturated rings. The number of methoxy groups -OCH3 is 1. The number of piperazine rings is 1. The van der Waals surface area contributed by atoms with Crippen LogP contribution in [0.25, 0.3) is 21.9 Å². The number of pyridine rings is 2. The number of likely N-dealkylation sites (tertiary alicyclic amines) is 1. The number of carboxylic acids is 1. The number of nitrogens with one attached hydrogen (secondary N) is 2. The van der Waals surface area contributed by atoms with Gasteiger partial charge < -0.3 is 24.6 Å². The number of fused-ring (bicyclic) bond motifs is 1. The van der Waals surface area contributed by atoms with Gasteiger partial charge in [0.15, 0.2) is 0 Å². The molecule has 0 radical (unpaired) electrons. The maximum Gasteiger partial charge on any atom is 0.490 e. The predicted octanol–water partition coefficient (Wildman–Crippen LogP) is 4.63. The summed E-state index contributed by atoms with van der Waals surface area (Å²) in [7, 11) is 3.23. The van der Waals surface area contributed by atoms with Gasteiger partial charge in [-0.25, -0.2) is 18.0 Å². The van der Waals surface area contributed by atoms with Crippen LogP contribution in [-0.4, -0.2) is 113 Å². The fraction of sp³-hybridized carbons (Fsp3) is 0.410. The zero-order chi connectivity index (χ0) is 41.9. The summed E-state index contributed by atoms with van der Waals surface area (Å²) in [5.74, 6) is -6.48. The molecule has 0 spiro atoms. The van der Waals surface area contributed by atoms with E-state index in [4.69, 9.17) is 14.6 Å². The van der Waals surface area contributed by atoms with Gasteiger partial charge in [0, 0.05) is 87.3 Å². The smallest absolute Gasteiger partial charge is 0.490 e. The van der Waals surface area contributed by atoms with E-state index in [0.29, 0.717) is 67.3 Å². The molecule has 310 valence electrons. The molecule has 2 amide bonds. The number of nitrogens with zero attached hydrogens (tertiary/aromatic N) is 5. The molecular weight excluding hydrogens is 776 g/mol. The van der Waals surface area contributed by atoms with Crippen LogP contribution in [-0.2, 0) is 28.0 Å². The Hall–Kier alpha value is -5.69. The fourth-order valence-corrected chi connectivity index (χ4v) is 7.52. The van der Waals surface area contributed by atoms with E-state index in [0.717, 1.165) is 16.5 Å². The zero-order valence-electron chi connectivity index (χ0n) is 31.5. The number of imide groups is 1. The van der Waals surface area contributed by atoms with Gasteiger partial charge in [0.1, 0.15) is 17.6 Å². The van der Waals surface area contributed by atoms with Crippen molar-refractivity contribution < 1.29 is 50.6 Å². The summed E-state index contributed by atoms with van der Waals surface area (Å²) >= 11 is 0. The normalized spacial score (nSPS) is 20.2. The number of carbonyl (C=O) groups excluding carboxylic acids is 2. The summed E-state index contributed by atoms with van der Waals surface area (Å²) in [6, 6.07) is 12.3. The molecule has 13 nitrogen and oxygen atoms in total. The van der Waals surface area contributed by atoms with Gasteiger partial charge in [-0.05, 0) is 48.6 Å². The summed E-state index contributed by atoms with van der Waals surface area (Å²) in [4.78, 5) is 55.1. The maximum atomic E-state index is 15.8. The van der Waals surface area contributed by atoms with Crippen LogP contribution in [0.5, 0.6) is 5.75 Å². The molecule has 5 heterocycles. The Balaban J connectivity index is 0.000000743. The van der Waals surface area contributed by atoms with E-state index in [1.54, 1.807) is 42.5 Å². The third kappa shape index (κ3) is 9.36. The van der Waals surface area contributed by atoms with E-state index in [9.17, 15) is 27.6 Å². The van der Waals surface area contributed by atoms with E-state index >= 15 is 13.2 Å². The van der Waals surface area contributed by atoms with Crippen molar-refractivity contribution in [1.82, 2.24) is 24.7 Å². The molecule has 3 N–H and O–H groups in total. The number of carboxylic acid groups (broad SMARTS) is 1. The number of ether oxygens (including phenoxy) is 1. The number of carbonyl (C=O) groups is 3. The van der Waals surface area contributed by atoms with Gasteiger partial charge >= 0.3 is 12.1 Å². The maximum absolute atomic E-state index is 15.8. The van der Waals surface area contributed by atoms with E-state index < -0.39 is 48.4 Å².